The Labute approximate surface area is 116 Å². The van der Waals surface area contributed by atoms with Crippen molar-refractivity contribution in [1.82, 2.24) is 4.90 Å². The normalized spacial score (nSPS) is 28.0. The molecule has 0 aromatic rings. The molecule has 1 saturated carbocycles. The summed E-state index contributed by atoms with van der Waals surface area (Å²) < 4.78 is 0. The number of nitrogens with zero attached hydrogens (tertiary/aromatic N) is 1. The molecule has 2 aliphatic rings. The number of amides is 1. The molecule has 1 aliphatic heterocycles. The molecule has 0 N–H and O–H groups in total. The van der Waals surface area contributed by atoms with Crippen molar-refractivity contribution in [2.24, 2.45) is 11.8 Å². The van der Waals surface area contributed by atoms with Crippen molar-refractivity contribution < 1.29 is 9.59 Å². The van der Waals surface area contributed by atoms with Gasteiger partial charge >= 0.3 is 0 Å². The second kappa shape index (κ2) is 6.53. The van der Waals surface area contributed by atoms with E-state index in [2.05, 4.69) is 6.92 Å². The summed E-state index contributed by atoms with van der Waals surface area (Å²) in [4.78, 5) is 26.0. The zero-order valence-corrected chi connectivity index (χ0v) is 12.4. The monoisotopic (exact) mass is 265 g/mol. The summed E-state index contributed by atoms with van der Waals surface area (Å²) in [6, 6.07) is -0.138. The van der Waals surface area contributed by atoms with Crippen molar-refractivity contribution in [3.8, 4) is 0 Å². The summed E-state index contributed by atoms with van der Waals surface area (Å²) in [6.45, 7) is 4.54. The zero-order valence-electron chi connectivity index (χ0n) is 12.4. The van der Waals surface area contributed by atoms with E-state index in [1.165, 1.54) is 25.7 Å². The van der Waals surface area contributed by atoms with E-state index in [-0.39, 0.29) is 17.7 Å². The van der Waals surface area contributed by atoms with Crippen molar-refractivity contribution in [1.29, 1.82) is 0 Å². The Morgan fingerprint density at radius 2 is 1.84 bits per heavy atom. The highest BCUT2D eigenvalue weighted by atomic mass is 16.2. The van der Waals surface area contributed by atoms with Crippen LogP contribution in [-0.4, -0.2) is 29.2 Å². The first-order chi connectivity index (χ1) is 9.13. The van der Waals surface area contributed by atoms with Gasteiger partial charge in [-0.2, -0.15) is 0 Å². The summed E-state index contributed by atoms with van der Waals surface area (Å²) in [7, 11) is 0. The minimum absolute atomic E-state index is 0.138. The minimum atomic E-state index is -0.138. The van der Waals surface area contributed by atoms with Crippen molar-refractivity contribution in [3.05, 3.63) is 0 Å². The molecule has 1 aliphatic carbocycles. The molecule has 0 bridgehead atoms. The molecule has 1 amide bonds. The lowest BCUT2D eigenvalue weighted by atomic mass is 9.94. The largest absolute Gasteiger partial charge is 0.332 e. The Hall–Kier alpha value is -0.860. The highest BCUT2D eigenvalue weighted by molar-refractivity contribution is 5.88. The molecule has 108 valence electrons. The quantitative estimate of drug-likeness (QED) is 0.765. The van der Waals surface area contributed by atoms with Crippen LogP contribution in [0.2, 0.25) is 0 Å². The Balaban J connectivity index is 1.88. The van der Waals surface area contributed by atoms with Gasteiger partial charge in [0.05, 0.1) is 6.04 Å². The molecule has 2 fully saturated rings. The highest BCUT2D eigenvalue weighted by Crippen LogP contribution is 2.31. The lowest BCUT2D eigenvalue weighted by molar-refractivity contribution is -0.138. The third kappa shape index (κ3) is 3.37. The van der Waals surface area contributed by atoms with Gasteiger partial charge in [-0.25, -0.2) is 0 Å². The average molecular weight is 265 g/mol. The second-order valence-electron chi connectivity index (χ2n) is 6.29. The van der Waals surface area contributed by atoms with Gasteiger partial charge in [0.15, 0.2) is 5.78 Å². The number of hydrogen-bond donors (Lipinski definition) is 0. The molecule has 0 aromatic heterocycles. The van der Waals surface area contributed by atoms with E-state index in [1.807, 2.05) is 4.90 Å². The van der Waals surface area contributed by atoms with E-state index < -0.39 is 0 Å². The molecule has 1 unspecified atom stereocenters. The number of carbonyl (C=O) groups is 2. The van der Waals surface area contributed by atoms with Gasteiger partial charge in [-0.15, -0.1) is 0 Å². The fourth-order valence-corrected chi connectivity index (χ4v) is 3.89. The van der Waals surface area contributed by atoms with E-state index in [0.717, 1.165) is 31.7 Å². The van der Waals surface area contributed by atoms with Gasteiger partial charge in [-0.1, -0.05) is 39.0 Å². The molecule has 0 radical (unpaired) electrons. The van der Waals surface area contributed by atoms with Gasteiger partial charge < -0.3 is 4.90 Å². The number of rotatable bonds is 5. The van der Waals surface area contributed by atoms with E-state index in [4.69, 9.17) is 0 Å². The first kappa shape index (κ1) is 14.5. The fraction of sp³-hybridized carbons (Fsp3) is 0.875. The van der Waals surface area contributed by atoms with Crippen LogP contribution < -0.4 is 0 Å². The van der Waals surface area contributed by atoms with Gasteiger partial charge in [-0.3, -0.25) is 9.59 Å². The average Bonchev–Trinajstić information content (AvgIpc) is 3.04. The first-order valence-corrected chi connectivity index (χ1v) is 7.93. The van der Waals surface area contributed by atoms with Crippen LogP contribution >= 0.6 is 0 Å². The van der Waals surface area contributed by atoms with E-state index in [9.17, 15) is 9.59 Å². The molecule has 19 heavy (non-hydrogen) atoms. The Kier molecular flexibility index (Phi) is 5.00. The number of likely N-dealkylation sites (tertiary alicyclic amines) is 1. The zero-order chi connectivity index (χ0) is 13.8. The van der Waals surface area contributed by atoms with Crippen LogP contribution in [0.3, 0.4) is 0 Å². The second-order valence-corrected chi connectivity index (χ2v) is 6.29. The number of hydrogen-bond acceptors (Lipinski definition) is 2. The van der Waals surface area contributed by atoms with Crippen LogP contribution in [0.25, 0.3) is 0 Å². The summed E-state index contributed by atoms with van der Waals surface area (Å²) in [5, 5.41) is 0. The van der Waals surface area contributed by atoms with E-state index in [1.54, 1.807) is 6.92 Å². The maximum absolute atomic E-state index is 12.4. The van der Waals surface area contributed by atoms with Crippen molar-refractivity contribution >= 4 is 11.7 Å². The summed E-state index contributed by atoms with van der Waals surface area (Å²) in [5.41, 5.74) is 0. The predicted octanol–water partition coefficient (Wildman–Crippen LogP) is 3.17. The van der Waals surface area contributed by atoms with Gasteiger partial charge in [0.25, 0.3) is 0 Å². The van der Waals surface area contributed by atoms with Crippen LogP contribution in [0.1, 0.15) is 65.2 Å². The molecular formula is C16H27NO2. The van der Waals surface area contributed by atoms with Gasteiger partial charge in [0, 0.05) is 13.0 Å². The Bertz CT molecular complexity index is 334. The highest BCUT2D eigenvalue weighted by Gasteiger charge is 2.38. The molecule has 1 saturated heterocycles. The molecule has 0 aromatic carbocycles. The van der Waals surface area contributed by atoms with E-state index >= 15 is 0 Å². The van der Waals surface area contributed by atoms with Gasteiger partial charge in [-0.05, 0) is 31.6 Å². The summed E-state index contributed by atoms with van der Waals surface area (Å²) >= 11 is 0. The molecular weight excluding hydrogens is 238 g/mol. The van der Waals surface area contributed by atoms with Crippen LogP contribution in [-0.2, 0) is 9.59 Å². The molecule has 3 nitrogen and oxygen atoms in total. The maximum Gasteiger partial charge on any atom is 0.223 e. The molecule has 2 rings (SSSR count). The van der Waals surface area contributed by atoms with Gasteiger partial charge in [0.2, 0.25) is 5.91 Å². The number of Topliss-reactive ketones (excluding diaryl/α,β-unsaturated/α-hetero) is 1. The molecule has 2 atom stereocenters. The SMILES string of the molecule is CCC1CCN(C(=O)CCC2CCCC2)[C@@H]1C(C)=O. The smallest absolute Gasteiger partial charge is 0.223 e. The fourth-order valence-electron chi connectivity index (χ4n) is 3.89. The van der Waals surface area contributed by atoms with Gasteiger partial charge in [0.1, 0.15) is 0 Å². The summed E-state index contributed by atoms with van der Waals surface area (Å²) in [6.07, 6.45) is 8.91. The van der Waals surface area contributed by atoms with Crippen LogP contribution in [0.15, 0.2) is 0 Å². The van der Waals surface area contributed by atoms with E-state index in [0.29, 0.717) is 12.3 Å². The van der Waals surface area contributed by atoms with Crippen LogP contribution in [0.4, 0.5) is 0 Å². The Morgan fingerprint density at radius 1 is 1.16 bits per heavy atom. The maximum atomic E-state index is 12.4. The molecule has 1 heterocycles. The van der Waals surface area contributed by atoms with Crippen molar-refractivity contribution in [2.45, 2.75) is 71.3 Å². The third-order valence-electron chi connectivity index (χ3n) is 5.03. The minimum Gasteiger partial charge on any atom is -0.332 e. The Morgan fingerprint density at radius 3 is 2.42 bits per heavy atom. The molecule has 3 heteroatoms. The topological polar surface area (TPSA) is 37.4 Å². The third-order valence-corrected chi connectivity index (χ3v) is 5.03. The first-order valence-electron chi connectivity index (χ1n) is 7.93. The van der Waals surface area contributed by atoms with Crippen molar-refractivity contribution in [2.75, 3.05) is 6.54 Å². The lowest BCUT2D eigenvalue weighted by Crippen LogP contribution is -2.42. The molecule has 0 spiro atoms. The standard InChI is InChI=1S/C16H27NO2/c1-3-14-10-11-17(16(14)12(2)18)15(19)9-8-13-6-4-5-7-13/h13-14,16H,3-11H2,1-2H3/t14?,16-/m1/s1. The summed E-state index contributed by atoms with van der Waals surface area (Å²) in [5.74, 6) is 1.51. The predicted molar refractivity (Wildman–Crippen MR) is 75.8 cm³/mol. The number of ketones is 1. The van der Waals surface area contributed by atoms with Crippen LogP contribution in [0.5, 0.6) is 0 Å². The number of carbonyl (C=O) groups excluding carboxylic acids is 2. The van der Waals surface area contributed by atoms with Crippen LogP contribution in [0, 0.1) is 11.8 Å². The lowest BCUT2D eigenvalue weighted by Gasteiger charge is -2.26. The van der Waals surface area contributed by atoms with Crippen molar-refractivity contribution in [3.63, 3.8) is 0 Å².